The minimum Gasteiger partial charge on any atom is -0.464 e. The number of hydrogen-bond donors (Lipinski definition) is 0. The Morgan fingerprint density at radius 3 is 2.39 bits per heavy atom. The van der Waals surface area contributed by atoms with Crippen LogP contribution in [0.5, 0.6) is 0 Å². The fourth-order valence-electron chi connectivity index (χ4n) is 2.05. The van der Waals surface area contributed by atoms with Gasteiger partial charge in [0.15, 0.2) is 17.9 Å². The molecule has 0 aliphatic carbocycles. The van der Waals surface area contributed by atoms with Gasteiger partial charge in [0, 0.05) is 34.4 Å². The van der Waals surface area contributed by atoms with E-state index in [1.807, 2.05) is 0 Å². The SMILES string of the molecule is CN(C)C=C1OC2C(C1=O)C(=O)N(C)C(=O)N2C. The number of Topliss-reactive ketones (excluding diaryl/α,β-unsaturated/α-hetero) is 1. The number of amides is 3. The van der Waals surface area contributed by atoms with Gasteiger partial charge >= 0.3 is 6.03 Å². The molecule has 2 fully saturated rings. The zero-order valence-corrected chi connectivity index (χ0v) is 10.7. The lowest BCUT2D eigenvalue weighted by Crippen LogP contribution is -2.58. The fraction of sp³-hybridized carbons (Fsp3) is 0.545. The highest BCUT2D eigenvalue weighted by Crippen LogP contribution is 2.33. The van der Waals surface area contributed by atoms with Gasteiger partial charge in [0.25, 0.3) is 0 Å². The van der Waals surface area contributed by atoms with Crippen molar-refractivity contribution in [2.24, 2.45) is 5.92 Å². The van der Waals surface area contributed by atoms with Crippen molar-refractivity contribution in [3.05, 3.63) is 12.0 Å². The molecule has 2 unspecified atom stereocenters. The highest BCUT2D eigenvalue weighted by molar-refractivity contribution is 6.15. The molecule has 0 aromatic heterocycles. The van der Waals surface area contributed by atoms with Crippen molar-refractivity contribution in [1.82, 2.24) is 14.7 Å². The lowest BCUT2D eigenvalue weighted by Gasteiger charge is -2.35. The Balaban J connectivity index is 2.37. The lowest BCUT2D eigenvalue weighted by molar-refractivity contribution is -0.144. The number of carbonyl (C=O) groups is 3. The number of fused-ring (bicyclic) bond motifs is 1. The van der Waals surface area contributed by atoms with Gasteiger partial charge in [0.2, 0.25) is 11.7 Å². The van der Waals surface area contributed by atoms with Crippen molar-refractivity contribution >= 4 is 17.7 Å². The molecular formula is C11H15N3O4. The maximum absolute atomic E-state index is 12.1. The summed E-state index contributed by atoms with van der Waals surface area (Å²) in [4.78, 5) is 39.6. The first-order valence-electron chi connectivity index (χ1n) is 5.48. The summed E-state index contributed by atoms with van der Waals surface area (Å²) in [5, 5.41) is 0. The molecule has 2 heterocycles. The number of nitrogens with zero attached hydrogens (tertiary/aromatic N) is 3. The molecule has 0 N–H and O–H groups in total. The normalized spacial score (nSPS) is 29.8. The second-order valence-electron chi connectivity index (χ2n) is 4.60. The summed E-state index contributed by atoms with van der Waals surface area (Å²) in [6, 6.07) is -0.472. The minimum absolute atomic E-state index is 0.110. The summed E-state index contributed by atoms with van der Waals surface area (Å²) in [5.74, 6) is -1.75. The van der Waals surface area contributed by atoms with Crippen LogP contribution in [0, 0.1) is 5.92 Å². The van der Waals surface area contributed by atoms with Crippen LogP contribution in [0.2, 0.25) is 0 Å². The molecule has 2 aliphatic heterocycles. The van der Waals surface area contributed by atoms with Gasteiger partial charge in [-0.25, -0.2) is 4.79 Å². The monoisotopic (exact) mass is 253 g/mol. The van der Waals surface area contributed by atoms with Crippen molar-refractivity contribution in [2.75, 3.05) is 28.2 Å². The summed E-state index contributed by atoms with van der Waals surface area (Å²) in [7, 11) is 6.36. The standard InChI is InChI=1S/C11H15N3O4/c1-12(2)5-6-8(15)7-9(16)13(3)11(17)14(4)10(7)18-6/h5,7,10H,1-4H3. The van der Waals surface area contributed by atoms with Gasteiger partial charge in [0.05, 0.1) is 0 Å². The van der Waals surface area contributed by atoms with Crippen LogP contribution in [-0.4, -0.2) is 66.8 Å². The second-order valence-corrected chi connectivity index (χ2v) is 4.60. The molecule has 0 aromatic rings. The molecule has 0 aromatic carbocycles. The molecule has 2 atom stereocenters. The van der Waals surface area contributed by atoms with E-state index in [1.54, 1.807) is 19.0 Å². The number of imide groups is 1. The molecule has 0 bridgehead atoms. The molecule has 2 saturated heterocycles. The van der Waals surface area contributed by atoms with Gasteiger partial charge < -0.3 is 9.64 Å². The Morgan fingerprint density at radius 1 is 1.22 bits per heavy atom. The Bertz CT molecular complexity index is 457. The zero-order chi connectivity index (χ0) is 13.6. The van der Waals surface area contributed by atoms with Gasteiger partial charge in [-0.15, -0.1) is 0 Å². The first-order valence-corrected chi connectivity index (χ1v) is 5.48. The predicted octanol–water partition coefficient (Wildman–Crippen LogP) is -0.545. The first-order chi connectivity index (χ1) is 8.34. The number of allylic oxidation sites excluding steroid dienone is 1. The quantitative estimate of drug-likeness (QED) is 0.463. The van der Waals surface area contributed by atoms with E-state index in [0.29, 0.717) is 0 Å². The average molecular weight is 253 g/mol. The van der Waals surface area contributed by atoms with E-state index in [-0.39, 0.29) is 11.5 Å². The first kappa shape index (κ1) is 12.4. The summed E-state index contributed by atoms with van der Waals surface area (Å²) >= 11 is 0. The van der Waals surface area contributed by atoms with Crippen LogP contribution in [0.4, 0.5) is 4.79 Å². The third kappa shape index (κ3) is 1.62. The second kappa shape index (κ2) is 4.01. The number of rotatable bonds is 1. The number of ketones is 1. The van der Waals surface area contributed by atoms with Crippen molar-refractivity contribution in [1.29, 1.82) is 0 Å². The summed E-state index contributed by atoms with van der Waals surface area (Å²) in [6.07, 6.45) is 0.673. The number of carbonyl (C=O) groups excluding carboxylic acids is 3. The highest BCUT2D eigenvalue weighted by atomic mass is 16.5. The number of urea groups is 1. The molecular weight excluding hydrogens is 238 g/mol. The van der Waals surface area contributed by atoms with Crippen LogP contribution in [0.15, 0.2) is 12.0 Å². The number of hydrogen-bond acceptors (Lipinski definition) is 5. The van der Waals surface area contributed by atoms with Crippen molar-refractivity contribution < 1.29 is 19.1 Å². The largest absolute Gasteiger partial charge is 0.464 e. The van der Waals surface area contributed by atoms with Gasteiger partial charge in [-0.05, 0) is 0 Å². The molecule has 2 aliphatic rings. The molecule has 0 radical (unpaired) electrons. The average Bonchev–Trinajstić information content (AvgIpc) is 2.61. The molecule has 0 saturated carbocycles. The Hall–Kier alpha value is -2.05. The maximum Gasteiger partial charge on any atom is 0.329 e. The van der Waals surface area contributed by atoms with Crippen LogP contribution in [0.25, 0.3) is 0 Å². The van der Waals surface area contributed by atoms with Gasteiger partial charge in [-0.2, -0.15) is 0 Å². The van der Waals surface area contributed by atoms with E-state index in [4.69, 9.17) is 4.74 Å². The molecule has 18 heavy (non-hydrogen) atoms. The molecule has 7 heteroatoms. The Morgan fingerprint density at radius 2 is 1.83 bits per heavy atom. The lowest BCUT2D eigenvalue weighted by atomic mass is 9.99. The van der Waals surface area contributed by atoms with Crippen molar-refractivity contribution in [2.45, 2.75) is 6.23 Å². The third-order valence-electron chi connectivity index (χ3n) is 3.00. The molecule has 7 nitrogen and oxygen atoms in total. The molecule has 0 spiro atoms. The van der Waals surface area contributed by atoms with Gasteiger partial charge in [-0.1, -0.05) is 0 Å². The highest BCUT2D eigenvalue weighted by Gasteiger charge is 2.54. The van der Waals surface area contributed by atoms with E-state index in [9.17, 15) is 14.4 Å². The van der Waals surface area contributed by atoms with E-state index in [2.05, 4.69) is 0 Å². The summed E-state index contributed by atoms with van der Waals surface area (Å²) in [5.41, 5.74) is 0. The van der Waals surface area contributed by atoms with Gasteiger partial charge in [0.1, 0.15) is 0 Å². The van der Waals surface area contributed by atoms with E-state index in [0.717, 1.165) is 4.90 Å². The minimum atomic E-state index is -0.955. The van der Waals surface area contributed by atoms with Crippen molar-refractivity contribution in [3.8, 4) is 0 Å². The fourth-order valence-corrected chi connectivity index (χ4v) is 2.05. The number of ether oxygens (including phenoxy) is 1. The predicted molar refractivity (Wildman–Crippen MR) is 61.1 cm³/mol. The zero-order valence-electron chi connectivity index (χ0n) is 10.7. The van der Waals surface area contributed by atoms with E-state index in [1.165, 1.54) is 25.2 Å². The molecule has 3 amide bonds. The topological polar surface area (TPSA) is 70.2 Å². The van der Waals surface area contributed by atoms with Crippen LogP contribution in [0.1, 0.15) is 0 Å². The van der Waals surface area contributed by atoms with Crippen LogP contribution < -0.4 is 0 Å². The Kier molecular flexibility index (Phi) is 2.76. The summed E-state index contributed by atoms with van der Waals surface area (Å²) in [6.45, 7) is 0. The summed E-state index contributed by atoms with van der Waals surface area (Å²) < 4.78 is 5.42. The van der Waals surface area contributed by atoms with Crippen LogP contribution >= 0.6 is 0 Å². The van der Waals surface area contributed by atoms with E-state index < -0.39 is 24.1 Å². The Labute approximate surface area is 105 Å². The van der Waals surface area contributed by atoms with Crippen LogP contribution in [0.3, 0.4) is 0 Å². The molecule has 2 rings (SSSR count). The van der Waals surface area contributed by atoms with Crippen LogP contribution in [-0.2, 0) is 14.3 Å². The third-order valence-corrected chi connectivity index (χ3v) is 3.00. The van der Waals surface area contributed by atoms with Crippen molar-refractivity contribution in [3.63, 3.8) is 0 Å². The smallest absolute Gasteiger partial charge is 0.329 e. The van der Waals surface area contributed by atoms with Gasteiger partial charge in [-0.3, -0.25) is 19.4 Å². The maximum atomic E-state index is 12.1. The van der Waals surface area contributed by atoms with E-state index >= 15 is 0 Å². The molecule has 98 valence electrons.